The summed E-state index contributed by atoms with van der Waals surface area (Å²) in [5.74, 6) is -0.997. The number of hydrogen-bond acceptors (Lipinski definition) is 6. The molecule has 0 fully saturated rings. The van der Waals surface area contributed by atoms with Gasteiger partial charge in [0.05, 0.1) is 0 Å². The first-order valence-corrected chi connectivity index (χ1v) is 26.5. The maximum atomic E-state index is 12.8. The zero-order valence-corrected chi connectivity index (χ0v) is 41.3. The van der Waals surface area contributed by atoms with Crippen LogP contribution in [-0.4, -0.2) is 37.2 Å². The van der Waals surface area contributed by atoms with Gasteiger partial charge in [0.25, 0.3) is 0 Å². The van der Waals surface area contributed by atoms with Gasteiger partial charge in [0.1, 0.15) is 13.2 Å². The van der Waals surface area contributed by atoms with Crippen molar-refractivity contribution in [2.24, 2.45) is 0 Å². The molecular weight excluding hydrogens is 781 g/mol. The molecule has 0 radical (unpaired) electrons. The lowest BCUT2D eigenvalue weighted by Gasteiger charge is -2.18. The molecule has 63 heavy (non-hydrogen) atoms. The van der Waals surface area contributed by atoms with E-state index in [0.29, 0.717) is 19.3 Å². The van der Waals surface area contributed by atoms with Crippen LogP contribution in [0.1, 0.15) is 252 Å². The summed E-state index contributed by atoms with van der Waals surface area (Å²) < 4.78 is 16.7. The number of carbonyl (C=O) groups is 3. The van der Waals surface area contributed by atoms with E-state index in [9.17, 15) is 14.4 Å². The van der Waals surface area contributed by atoms with Crippen molar-refractivity contribution < 1.29 is 28.6 Å². The van der Waals surface area contributed by atoms with Gasteiger partial charge < -0.3 is 14.2 Å². The fraction of sp³-hybridized carbons (Fsp3) is 0.737. The number of ether oxygens (including phenoxy) is 3. The molecule has 0 heterocycles. The Labute approximate surface area is 389 Å². The van der Waals surface area contributed by atoms with Crippen LogP contribution in [0.25, 0.3) is 0 Å². The zero-order chi connectivity index (χ0) is 45.8. The Hall–Kier alpha value is -3.15. The zero-order valence-electron chi connectivity index (χ0n) is 41.3. The molecule has 0 spiro atoms. The normalized spacial score (nSPS) is 12.6. The van der Waals surface area contributed by atoms with E-state index in [1.54, 1.807) is 0 Å². The number of allylic oxidation sites excluding steroid dienone is 12. The van der Waals surface area contributed by atoms with E-state index >= 15 is 0 Å². The van der Waals surface area contributed by atoms with Crippen LogP contribution >= 0.6 is 0 Å². The van der Waals surface area contributed by atoms with Gasteiger partial charge >= 0.3 is 17.9 Å². The predicted octanol–water partition coefficient (Wildman–Crippen LogP) is 17.4. The average Bonchev–Trinajstić information content (AvgIpc) is 3.28. The molecule has 1 unspecified atom stereocenters. The fourth-order valence-corrected chi connectivity index (χ4v) is 7.25. The lowest BCUT2D eigenvalue weighted by atomic mass is 10.1. The standard InChI is InChI=1S/C57H98O6/c1-4-7-10-13-16-19-22-25-26-27-28-29-30-33-35-38-41-44-47-50-56(59)62-53-54(63-57(60)51-48-45-42-39-36-32-24-21-18-15-12-9-6-3)52-61-55(58)49-46-43-40-37-34-31-23-20-17-14-11-8-5-2/h9,12,15,18,21,24,27-28,31,34,40,43,54H,4-8,10-11,13-14,16-17,19-20,22-23,25-26,29-30,32-33,35-39,41-42,44-53H2,1-3H3/b12-9-,18-15-,24-21-,28-27-,34-31-,43-40-. The summed E-state index contributed by atoms with van der Waals surface area (Å²) >= 11 is 0. The van der Waals surface area contributed by atoms with E-state index in [-0.39, 0.29) is 37.5 Å². The van der Waals surface area contributed by atoms with Crippen LogP contribution in [0, 0.1) is 0 Å². The minimum absolute atomic E-state index is 0.103. The van der Waals surface area contributed by atoms with Gasteiger partial charge in [-0.2, -0.15) is 0 Å². The molecule has 0 aliphatic rings. The van der Waals surface area contributed by atoms with Crippen LogP contribution in [0.2, 0.25) is 0 Å². The lowest BCUT2D eigenvalue weighted by Crippen LogP contribution is -2.30. The molecule has 0 aromatic heterocycles. The van der Waals surface area contributed by atoms with Gasteiger partial charge in [-0.05, 0) is 83.5 Å². The SMILES string of the molecule is CC\C=C/C=C\C=C/CCCCCCCC(=O)OC(COC(=O)CC/C=C\C/C=C\CCCCCCCC)COC(=O)CCCCCCCCC/C=C\CCCCCCCCCC. The molecule has 0 rings (SSSR count). The van der Waals surface area contributed by atoms with E-state index in [4.69, 9.17) is 14.2 Å². The Balaban J connectivity index is 4.42. The maximum absolute atomic E-state index is 12.8. The second-order valence-corrected chi connectivity index (χ2v) is 17.5. The van der Waals surface area contributed by atoms with Crippen molar-refractivity contribution >= 4 is 17.9 Å². The Bertz CT molecular complexity index is 1190. The van der Waals surface area contributed by atoms with E-state index in [2.05, 4.69) is 87.6 Å². The number of hydrogen-bond donors (Lipinski definition) is 0. The van der Waals surface area contributed by atoms with E-state index in [1.807, 2.05) is 6.08 Å². The van der Waals surface area contributed by atoms with Crippen molar-refractivity contribution in [1.29, 1.82) is 0 Å². The van der Waals surface area contributed by atoms with E-state index in [0.717, 1.165) is 77.0 Å². The molecule has 6 heteroatoms. The smallest absolute Gasteiger partial charge is 0.306 e. The summed E-state index contributed by atoms with van der Waals surface area (Å²) in [5.41, 5.74) is 0. The Kier molecular flexibility index (Phi) is 48.9. The van der Waals surface area contributed by atoms with Gasteiger partial charge in [0.2, 0.25) is 0 Å². The average molecular weight is 879 g/mol. The van der Waals surface area contributed by atoms with Gasteiger partial charge in [-0.3, -0.25) is 14.4 Å². The highest BCUT2D eigenvalue weighted by atomic mass is 16.6. The highest BCUT2D eigenvalue weighted by molar-refractivity contribution is 5.71. The summed E-state index contributed by atoms with van der Waals surface area (Å²) in [5, 5.41) is 0. The molecule has 0 saturated carbocycles. The number of rotatable bonds is 47. The summed E-state index contributed by atoms with van der Waals surface area (Å²) in [6.45, 7) is 6.43. The van der Waals surface area contributed by atoms with E-state index in [1.165, 1.54) is 128 Å². The van der Waals surface area contributed by atoms with Gasteiger partial charge in [0, 0.05) is 19.3 Å². The second-order valence-electron chi connectivity index (χ2n) is 17.5. The highest BCUT2D eigenvalue weighted by Gasteiger charge is 2.19. The number of esters is 3. The molecule has 0 bridgehead atoms. The second kappa shape index (κ2) is 51.5. The summed E-state index contributed by atoms with van der Waals surface area (Å²) in [6, 6.07) is 0. The molecule has 0 aromatic rings. The van der Waals surface area contributed by atoms with Crippen LogP contribution in [0.4, 0.5) is 0 Å². The molecule has 0 saturated heterocycles. The number of carbonyl (C=O) groups excluding carboxylic acids is 3. The van der Waals surface area contributed by atoms with Crippen LogP contribution < -0.4 is 0 Å². The first kappa shape index (κ1) is 59.9. The fourth-order valence-electron chi connectivity index (χ4n) is 7.25. The van der Waals surface area contributed by atoms with Crippen molar-refractivity contribution in [3.63, 3.8) is 0 Å². The van der Waals surface area contributed by atoms with Gasteiger partial charge in [0.15, 0.2) is 6.10 Å². The Morgan fingerprint density at radius 2 is 0.714 bits per heavy atom. The topological polar surface area (TPSA) is 78.9 Å². The van der Waals surface area contributed by atoms with Gasteiger partial charge in [-0.25, -0.2) is 0 Å². The maximum Gasteiger partial charge on any atom is 0.306 e. The Morgan fingerprint density at radius 1 is 0.349 bits per heavy atom. The third-order valence-corrected chi connectivity index (χ3v) is 11.2. The molecular formula is C57H98O6. The monoisotopic (exact) mass is 879 g/mol. The first-order valence-electron chi connectivity index (χ1n) is 26.5. The first-order chi connectivity index (χ1) is 31.0. The highest BCUT2D eigenvalue weighted by Crippen LogP contribution is 2.14. The minimum Gasteiger partial charge on any atom is -0.462 e. The van der Waals surface area contributed by atoms with Crippen LogP contribution in [0.3, 0.4) is 0 Å². The van der Waals surface area contributed by atoms with Crippen molar-refractivity contribution in [2.45, 2.75) is 258 Å². The molecule has 0 N–H and O–H groups in total. The molecule has 0 aromatic carbocycles. The van der Waals surface area contributed by atoms with Crippen molar-refractivity contribution in [3.8, 4) is 0 Å². The van der Waals surface area contributed by atoms with Crippen molar-refractivity contribution in [2.75, 3.05) is 13.2 Å². The third kappa shape index (κ3) is 49.7. The molecule has 0 aliphatic carbocycles. The number of unbranched alkanes of at least 4 members (excludes halogenated alkanes) is 26. The Morgan fingerprint density at radius 3 is 1.19 bits per heavy atom. The quantitative estimate of drug-likeness (QED) is 0.0199. The van der Waals surface area contributed by atoms with Crippen molar-refractivity contribution in [1.82, 2.24) is 0 Å². The molecule has 0 amide bonds. The molecule has 362 valence electrons. The summed E-state index contributed by atoms with van der Waals surface area (Å²) in [4.78, 5) is 37.9. The summed E-state index contributed by atoms with van der Waals surface area (Å²) in [7, 11) is 0. The molecule has 0 aliphatic heterocycles. The van der Waals surface area contributed by atoms with Crippen LogP contribution in [-0.2, 0) is 28.6 Å². The minimum atomic E-state index is -0.809. The van der Waals surface area contributed by atoms with Crippen LogP contribution in [0.5, 0.6) is 0 Å². The van der Waals surface area contributed by atoms with E-state index < -0.39 is 6.10 Å². The van der Waals surface area contributed by atoms with Gasteiger partial charge in [-0.15, -0.1) is 0 Å². The van der Waals surface area contributed by atoms with Crippen molar-refractivity contribution in [3.05, 3.63) is 72.9 Å². The molecule has 1 atom stereocenters. The predicted molar refractivity (Wildman–Crippen MR) is 270 cm³/mol. The largest absolute Gasteiger partial charge is 0.462 e. The molecule has 6 nitrogen and oxygen atoms in total. The lowest BCUT2D eigenvalue weighted by molar-refractivity contribution is -0.166. The van der Waals surface area contributed by atoms with Gasteiger partial charge in [-0.1, -0.05) is 222 Å². The third-order valence-electron chi connectivity index (χ3n) is 11.2. The summed E-state index contributed by atoms with van der Waals surface area (Å²) in [6.07, 6.45) is 64.8. The van der Waals surface area contributed by atoms with Crippen LogP contribution in [0.15, 0.2) is 72.9 Å².